The fraction of sp³-hybridized carbons (Fsp3) is 0.562. The maximum absolute atomic E-state index is 12.4. The quantitative estimate of drug-likeness (QED) is 0.644. The van der Waals surface area contributed by atoms with Crippen LogP contribution in [0.4, 0.5) is 8.78 Å². The number of aliphatic imine (C=N–C) groups is 1. The third-order valence-corrected chi connectivity index (χ3v) is 3.63. The van der Waals surface area contributed by atoms with Gasteiger partial charge in [0.2, 0.25) is 0 Å². The fourth-order valence-electron chi connectivity index (χ4n) is 2.51. The number of hydrogen-bond donors (Lipinski definition) is 1. The third kappa shape index (κ3) is 5.26. The molecule has 1 saturated heterocycles. The number of guanidine groups is 1. The molecule has 1 heterocycles. The van der Waals surface area contributed by atoms with Crippen molar-refractivity contribution in [1.29, 1.82) is 0 Å². The van der Waals surface area contributed by atoms with Crippen molar-refractivity contribution >= 4 is 5.96 Å². The first-order valence-electron chi connectivity index (χ1n) is 7.85. The van der Waals surface area contributed by atoms with Gasteiger partial charge in [-0.1, -0.05) is 6.07 Å². The Balaban J connectivity index is 2.05. The van der Waals surface area contributed by atoms with E-state index in [1.54, 1.807) is 19.1 Å². The first-order chi connectivity index (χ1) is 11.1. The van der Waals surface area contributed by atoms with Gasteiger partial charge in [0.25, 0.3) is 0 Å². The first-order valence-corrected chi connectivity index (χ1v) is 7.85. The standard InChI is InChI=1S/C16H23F2N3O2/c1-2-22-14-10-12(6-7-13(14)23-15(17)18)11-20-16(19)21-8-4-3-5-9-21/h6-7,10,15H,2-5,8-9,11H2,1H3,(H2,19,20). The average molecular weight is 327 g/mol. The Morgan fingerprint density at radius 3 is 2.65 bits per heavy atom. The van der Waals surface area contributed by atoms with E-state index in [4.69, 9.17) is 10.5 Å². The van der Waals surface area contributed by atoms with E-state index in [1.807, 2.05) is 0 Å². The molecule has 0 bridgehead atoms. The van der Waals surface area contributed by atoms with Gasteiger partial charge in [-0.2, -0.15) is 8.78 Å². The van der Waals surface area contributed by atoms with Gasteiger partial charge in [0.15, 0.2) is 17.5 Å². The number of halogens is 2. The SMILES string of the molecule is CCOc1cc(CN=C(N)N2CCCCC2)ccc1OC(F)F. The van der Waals surface area contributed by atoms with E-state index in [2.05, 4.69) is 14.6 Å². The van der Waals surface area contributed by atoms with E-state index in [1.165, 1.54) is 12.5 Å². The van der Waals surface area contributed by atoms with Gasteiger partial charge < -0.3 is 20.1 Å². The second-order valence-corrected chi connectivity index (χ2v) is 5.31. The van der Waals surface area contributed by atoms with Gasteiger partial charge in [-0.25, -0.2) is 4.99 Å². The summed E-state index contributed by atoms with van der Waals surface area (Å²) in [5.74, 6) is 0.839. The van der Waals surface area contributed by atoms with Gasteiger partial charge in [-0.3, -0.25) is 0 Å². The summed E-state index contributed by atoms with van der Waals surface area (Å²) in [6.07, 6.45) is 3.49. The number of hydrogen-bond acceptors (Lipinski definition) is 3. The number of nitrogens with zero attached hydrogens (tertiary/aromatic N) is 2. The van der Waals surface area contributed by atoms with Gasteiger partial charge in [0, 0.05) is 13.1 Å². The molecule has 0 aliphatic carbocycles. The summed E-state index contributed by atoms with van der Waals surface area (Å²) >= 11 is 0. The van der Waals surface area contributed by atoms with E-state index in [0.29, 0.717) is 19.1 Å². The maximum Gasteiger partial charge on any atom is 0.387 e. The summed E-state index contributed by atoms with van der Waals surface area (Å²) in [6.45, 7) is 1.50. The average Bonchev–Trinajstić information content (AvgIpc) is 2.55. The molecule has 128 valence electrons. The molecule has 1 aliphatic heterocycles. The van der Waals surface area contributed by atoms with E-state index in [9.17, 15) is 8.78 Å². The number of benzene rings is 1. The van der Waals surface area contributed by atoms with Crippen LogP contribution in [0.5, 0.6) is 11.5 Å². The lowest BCUT2D eigenvalue weighted by atomic mass is 10.1. The Morgan fingerprint density at radius 1 is 1.26 bits per heavy atom. The minimum atomic E-state index is -2.88. The molecular weight excluding hydrogens is 304 g/mol. The van der Waals surface area contributed by atoms with Crippen LogP contribution in [0.25, 0.3) is 0 Å². The summed E-state index contributed by atoms with van der Waals surface area (Å²) in [5.41, 5.74) is 6.84. The van der Waals surface area contributed by atoms with Crippen LogP contribution in [-0.2, 0) is 6.54 Å². The highest BCUT2D eigenvalue weighted by Gasteiger charge is 2.13. The van der Waals surface area contributed by atoms with E-state index in [-0.39, 0.29) is 11.5 Å². The Morgan fingerprint density at radius 2 is 2.00 bits per heavy atom. The molecule has 0 unspecified atom stereocenters. The van der Waals surface area contributed by atoms with Crippen molar-refractivity contribution in [1.82, 2.24) is 4.90 Å². The topological polar surface area (TPSA) is 60.1 Å². The summed E-state index contributed by atoms with van der Waals surface area (Å²) in [5, 5.41) is 0. The predicted molar refractivity (Wildman–Crippen MR) is 85.0 cm³/mol. The van der Waals surface area contributed by atoms with Crippen LogP contribution in [0.2, 0.25) is 0 Å². The first kappa shape index (κ1) is 17.3. The highest BCUT2D eigenvalue weighted by molar-refractivity contribution is 5.78. The minimum absolute atomic E-state index is 0.0265. The van der Waals surface area contributed by atoms with Crippen LogP contribution < -0.4 is 15.2 Å². The van der Waals surface area contributed by atoms with Crippen LogP contribution in [0.15, 0.2) is 23.2 Å². The highest BCUT2D eigenvalue weighted by Crippen LogP contribution is 2.30. The Bertz CT molecular complexity index is 532. The Hall–Kier alpha value is -2.05. The highest BCUT2D eigenvalue weighted by atomic mass is 19.3. The molecule has 7 heteroatoms. The van der Waals surface area contributed by atoms with Crippen molar-refractivity contribution in [2.75, 3.05) is 19.7 Å². The molecule has 1 aromatic rings. The van der Waals surface area contributed by atoms with Crippen molar-refractivity contribution in [2.45, 2.75) is 39.3 Å². The maximum atomic E-state index is 12.4. The van der Waals surface area contributed by atoms with Crippen molar-refractivity contribution < 1.29 is 18.3 Å². The van der Waals surface area contributed by atoms with Crippen LogP contribution in [0, 0.1) is 0 Å². The van der Waals surface area contributed by atoms with E-state index in [0.717, 1.165) is 31.5 Å². The molecular formula is C16H23F2N3O2. The lowest BCUT2D eigenvalue weighted by Gasteiger charge is -2.27. The number of ether oxygens (including phenoxy) is 2. The van der Waals surface area contributed by atoms with Gasteiger partial charge in [-0.15, -0.1) is 0 Å². The monoisotopic (exact) mass is 327 g/mol. The molecule has 1 aromatic carbocycles. The molecule has 0 radical (unpaired) electrons. The lowest BCUT2D eigenvalue weighted by Crippen LogP contribution is -2.40. The molecule has 5 nitrogen and oxygen atoms in total. The predicted octanol–water partition coefficient (Wildman–Crippen LogP) is 2.99. The van der Waals surface area contributed by atoms with Crippen molar-refractivity contribution in [2.24, 2.45) is 10.7 Å². The molecule has 23 heavy (non-hydrogen) atoms. The summed E-state index contributed by atoms with van der Waals surface area (Å²) < 4.78 is 34.6. The van der Waals surface area contributed by atoms with Crippen molar-refractivity contribution in [3.63, 3.8) is 0 Å². The number of likely N-dealkylation sites (tertiary alicyclic amines) is 1. The van der Waals surface area contributed by atoms with Crippen molar-refractivity contribution in [3.05, 3.63) is 23.8 Å². The zero-order valence-corrected chi connectivity index (χ0v) is 13.3. The smallest absolute Gasteiger partial charge is 0.387 e. The fourth-order valence-corrected chi connectivity index (χ4v) is 2.51. The summed E-state index contributed by atoms with van der Waals surface area (Å²) in [6, 6.07) is 4.82. The van der Waals surface area contributed by atoms with Gasteiger partial charge in [0.05, 0.1) is 13.2 Å². The number of piperidine rings is 1. The van der Waals surface area contributed by atoms with Gasteiger partial charge in [0.1, 0.15) is 0 Å². The molecule has 2 rings (SSSR count). The Labute approximate surface area is 135 Å². The molecule has 0 amide bonds. The molecule has 2 N–H and O–H groups in total. The number of nitrogens with two attached hydrogens (primary N) is 1. The zero-order valence-electron chi connectivity index (χ0n) is 13.3. The van der Waals surface area contributed by atoms with Gasteiger partial charge in [-0.05, 0) is 43.9 Å². The molecule has 0 atom stereocenters. The van der Waals surface area contributed by atoms with Gasteiger partial charge >= 0.3 is 6.61 Å². The van der Waals surface area contributed by atoms with Crippen LogP contribution >= 0.6 is 0 Å². The largest absolute Gasteiger partial charge is 0.490 e. The second-order valence-electron chi connectivity index (χ2n) is 5.31. The molecule has 0 saturated carbocycles. The second kappa shape index (κ2) is 8.55. The minimum Gasteiger partial charge on any atom is -0.490 e. The van der Waals surface area contributed by atoms with Crippen LogP contribution in [0.1, 0.15) is 31.7 Å². The summed E-state index contributed by atoms with van der Waals surface area (Å²) in [7, 11) is 0. The van der Waals surface area contributed by atoms with Crippen molar-refractivity contribution in [3.8, 4) is 11.5 Å². The van der Waals surface area contributed by atoms with Crippen LogP contribution in [-0.4, -0.2) is 37.2 Å². The number of rotatable bonds is 6. The normalized spacial score (nSPS) is 15.8. The summed E-state index contributed by atoms with van der Waals surface area (Å²) in [4.78, 5) is 6.46. The Kier molecular flexibility index (Phi) is 6.43. The zero-order chi connectivity index (χ0) is 16.7. The number of alkyl halides is 2. The third-order valence-electron chi connectivity index (χ3n) is 3.63. The molecule has 0 spiro atoms. The molecule has 0 aromatic heterocycles. The molecule has 1 fully saturated rings. The van der Waals surface area contributed by atoms with Crippen LogP contribution in [0.3, 0.4) is 0 Å². The van der Waals surface area contributed by atoms with E-state index < -0.39 is 6.61 Å². The molecule has 1 aliphatic rings. The lowest BCUT2D eigenvalue weighted by molar-refractivity contribution is -0.0514. The van der Waals surface area contributed by atoms with E-state index >= 15 is 0 Å².